The molecule has 1 fully saturated rings. The number of rotatable bonds is 1. The summed E-state index contributed by atoms with van der Waals surface area (Å²) in [5, 5.41) is 0. The minimum atomic E-state index is -0.429. The van der Waals surface area contributed by atoms with Crippen LogP contribution in [0.5, 0.6) is 0 Å². The number of carbonyl (C=O) groups is 1. The van der Waals surface area contributed by atoms with Gasteiger partial charge < -0.3 is 15.4 Å². The number of amides is 1. The molecule has 4 nitrogen and oxygen atoms in total. The van der Waals surface area contributed by atoms with Gasteiger partial charge in [0.1, 0.15) is 5.60 Å². The fourth-order valence-corrected chi connectivity index (χ4v) is 1.89. The monoisotopic (exact) mass is 214 g/mol. The zero-order valence-corrected chi connectivity index (χ0v) is 10.1. The van der Waals surface area contributed by atoms with Gasteiger partial charge in [-0.1, -0.05) is 0 Å². The molecular weight excluding hydrogens is 192 g/mol. The molecule has 0 aromatic rings. The second kappa shape index (κ2) is 4.39. The van der Waals surface area contributed by atoms with Gasteiger partial charge in [-0.3, -0.25) is 0 Å². The zero-order valence-electron chi connectivity index (χ0n) is 10.1. The van der Waals surface area contributed by atoms with Gasteiger partial charge in [0.05, 0.1) is 0 Å². The van der Waals surface area contributed by atoms with Gasteiger partial charge in [-0.25, -0.2) is 4.79 Å². The Bertz CT molecular complexity index is 233. The quantitative estimate of drug-likeness (QED) is 0.723. The van der Waals surface area contributed by atoms with E-state index in [1.54, 1.807) is 4.90 Å². The van der Waals surface area contributed by atoms with E-state index in [1.165, 1.54) is 0 Å². The van der Waals surface area contributed by atoms with Crippen LogP contribution < -0.4 is 5.73 Å². The van der Waals surface area contributed by atoms with E-state index in [0.717, 1.165) is 19.4 Å². The van der Waals surface area contributed by atoms with E-state index in [1.807, 2.05) is 27.7 Å². The van der Waals surface area contributed by atoms with Gasteiger partial charge in [-0.2, -0.15) is 0 Å². The molecule has 88 valence electrons. The molecule has 1 aliphatic heterocycles. The van der Waals surface area contributed by atoms with Crippen molar-refractivity contribution < 1.29 is 9.53 Å². The molecule has 0 aromatic heterocycles. The summed E-state index contributed by atoms with van der Waals surface area (Å²) in [5.74, 6) is 0. The predicted molar refractivity (Wildman–Crippen MR) is 59.6 cm³/mol. The van der Waals surface area contributed by atoms with Crippen LogP contribution in [0.25, 0.3) is 0 Å². The minimum absolute atomic E-state index is 0.0139. The maximum atomic E-state index is 11.8. The van der Waals surface area contributed by atoms with Crippen LogP contribution in [0.3, 0.4) is 0 Å². The van der Waals surface area contributed by atoms with Crippen LogP contribution in [0.1, 0.15) is 40.5 Å². The van der Waals surface area contributed by atoms with Crippen LogP contribution in [-0.2, 0) is 4.74 Å². The van der Waals surface area contributed by atoms with E-state index in [2.05, 4.69) is 0 Å². The average Bonchev–Trinajstić information content (AvgIpc) is 2.47. The number of carbonyl (C=O) groups excluding carboxylic acids is 1. The molecular formula is C11H22N2O2. The molecule has 1 amide bonds. The summed E-state index contributed by atoms with van der Waals surface area (Å²) in [6.45, 7) is 8.33. The predicted octanol–water partition coefficient (Wildman–Crippen LogP) is 1.73. The molecule has 1 saturated heterocycles. The minimum Gasteiger partial charge on any atom is -0.444 e. The third kappa shape index (κ3) is 3.38. The highest BCUT2D eigenvalue weighted by Gasteiger charge is 2.33. The number of nitrogens with zero attached hydrogens (tertiary/aromatic N) is 1. The highest BCUT2D eigenvalue weighted by atomic mass is 16.6. The fourth-order valence-electron chi connectivity index (χ4n) is 1.89. The number of likely N-dealkylation sites (tertiary alicyclic amines) is 1. The van der Waals surface area contributed by atoms with Crippen molar-refractivity contribution in [3.8, 4) is 0 Å². The molecule has 2 N–H and O–H groups in total. The third-order valence-electron chi connectivity index (χ3n) is 2.53. The van der Waals surface area contributed by atoms with Crippen LogP contribution >= 0.6 is 0 Å². The number of hydrogen-bond donors (Lipinski definition) is 1. The summed E-state index contributed by atoms with van der Waals surface area (Å²) < 4.78 is 5.33. The van der Waals surface area contributed by atoms with Gasteiger partial charge in [0.15, 0.2) is 0 Å². The van der Waals surface area contributed by atoms with E-state index in [4.69, 9.17) is 10.5 Å². The van der Waals surface area contributed by atoms with Crippen LogP contribution in [0, 0.1) is 0 Å². The Hall–Kier alpha value is -0.770. The topological polar surface area (TPSA) is 55.6 Å². The lowest BCUT2D eigenvalue weighted by molar-refractivity contribution is 0.0211. The standard InChI is InChI=1S/C11H22N2O2/c1-8(12)9-6-5-7-13(9)10(14)15-11(2,3)4/h8-9H,5-7,12H2,1-4H3/t8-,9?/m1/s1. The van der Waals surface area contributed by atoms with Gasteiger partial charge in [0, 0.05) is 18.6 Å². The summed E-state index contributed by atoms with van der Waals surface area (Å²) in [6.07, 6.45) is 1.77. The molecule has 0 saturated carbocycles. The third-order valence-corrected chi connectivity index (χ3v) is 2.53. The van der Waals surface area contributed by atoms with Crippen LogP contribution in [0.4, 0.5) is 4.79 Å². The average molecular weight is 214 g/mol. The molecule has 2 atom stereocenters. The Morgan fingerprint density at radius 3 is 2.60 bits per heavy atom. The lowest BCUT2D eigenvalue weighted by Gasteiger charge is -2.30. The largest absolute Gasteiger partial charge is 0.444 e. The van der Waals surface area contributed by atoms with Crippen molar-refractivity contribution in [2.75, 3.05) is 6.54 Å². The van der Waals surface area contributed by atoms with Crippen molar-refractivity contribution >= 4 is 6.09 Å². The normalized spacial score (nSPS) is 24.1. The SMILES string of the molecule is C[C@@H](N)C1CCCN1C(=O)OC(C)(C)C. The van der Waals surface area contributed by atoms with E-state index >= 15 is 0 Å². The molecule has 0 aliphatic carbocycles. The maximum absolute atomic E-state index is 11.8. The Morgan fingerprint density at radius 1 is 1.53 bits per heavy atom. The van der Waals surface area contributed by atoms with Gasteiger partial charge in [-0.15, -0.1) is 0 Å². The van der Waals surface area contributed by atoms with Gasteiger partial charge >= 0.3 is 6.09 Å². The first-order chi connectivity index (χ1) is 6.81. The lowest BCUT2D eigenvalue weighted by atomic mass is 10.1. The Morgan fingerprint density at radius 2 is 2.13 bits per heavy atom. The summed E-state index contributed by atoms with van der Waals surface area (Å²) in [4.78, 5) is 13.6. The summed E-state index contributed by atoms with van der Waals surface area (Å²) in [7, 11) is 0. The lowest BCUT2D eigenvalue weighted by Crippen LogP contribution is -2.47. The van der Waals surface area contributed by atoms with Crippen molar-refractivity contribution in [1.82, 2.24) is 4.90 Å². The molecule has 1 rings (SSSR count). The van der Waals surface area contributed by atoms with Crippen molar-refractivity contribution in [2.45, 2.75) is 58.2 Å². The Kier molecular flexibility index (Phi) is 3.60. The molecule has 0 aromatic carbocycles. The van der Waals surface area contributed by atoms with Crippen molar-refractivity contribution in [3.63, 3.8) is 0 Å². The Balaban J connectivity index is 2.59. The van der Waals surface area contributed by atoms with Crippen molar-refractivity contribution in [2.24, 2.45) is 5.73 Å². The number of nitrogens with two attached hydrogens (primary N) is 1. The van der Waals surface area contributed by atoms with E-state index in [0.29, 0.717) is 0 Å². The van der Waals surface area contributed by atoms with Crippen LogP contribution in [0.2, 0.25) is 0 Å². The summed E-state index contributed by atoms with van der Waals surface area (Å²) in [6, 6.07) is 0.153. The second-order valence-electron chi connectivity index (χ2n) is 5.24. The maximum Gasteiger partial charge on any atom is 0.410 e. The Labute approximate surface area is 91.8 Å². The van der Waals surface area contributed by atoms with E-state index < -0.39 is 5.60 Å². The van der Waals surface area contributed by atoms with Gasteiger partial charge in [-0.05, 0) is 40.5 Å². The highest BCUT2D eigenvalue weighted by molar-refractivity contribution is 5.69. The molecule has 0 spiro atoms. The first-order valence-electron chi connectivity index (χ1n) is 5.56. The first-order valence-corrected chi connectivity index (χ1v) is 5.56. The molecule has 0 radical (unpaired) electrons. The molecule has 0 bridgehead atoms. The smallest absolute Gasteiger partial charge is 0.410 e. The number of hydrogen-bond acceptors (Lipinski definition) is 3. The fraction of sp³-hybridized carbons (Fsp3) is 0.909. The molecule has 4 heteroatoms. The summed E-state index contributed by atoms with van der Waals surface area (Å²) in [5.41, 5.74) is 5.41. The first kappa shape index (κ1) is 12.3. The van der Waals surface area contributed by atoms with Gasteiger partial charge in [0.2, 0.25) is 0 Å². The van der Waals surface area contributed by atoms with Crippen molar-refractivity contribution in [1.29, 1.82) is 0 Å². The number of ether oxygens (including phenoxy) is 1. The second-order valence-corrected chi connectivity index (χ2v) is 5.24. The van der Waals surface area contributed by atoms with Crippen LogP contribution in [-0.4, -0.2) is 35.2 Å². The van der Waals surface area contributed by atoms with Crippen LogP contribution in [0.15, 0.2) is 0 Å². The molecule has 15 heavy (non-hydrogen) atoms. The van der Waals surface area contributed by atoms with E-state index in [-0.39, 0.29) is 18.2 Å². The molecule has 1 heterocycles. The molecule has 1 aliphatic rings. The summed E-state index contributed by atoms with van der Waals surface area (Å²) >= 11 is 0. The van der Waals surface area contributed by atoms with Gasteiger partial charge in [0.25, 0.3) is 0 Å². The van der Waals surface area contributed by atoms with Crippen molar-refractivity contribution in [3.05, 3.63) is 0 Å². The van der Waals surface area contributed by atoms with E-state index in [9.17, 15) is 4.79 Å². The highest BCUT2D eigenvalue weighted by Crippen LogP contribution is 2.22. The zero-order chi connectivity index (χ0) is 11.6. The molecule has 1 unspecified atom stereocenters.